The number of halogens is 2. The lowest BCUT2D eigenvalue weighted by Gasteiger charge is -2.30. The molecule has 0 saturated carbocycles. The van der Waals surface area contributed by atoms with Crippen molar-refractivity contribution in [2.45, 2.75) is 50.8 Å². The molecule has 210 valence electrons. The Kier molecular flexibility index (Phi) is 8.34. The number of hydrogen-bond donors (Lipinski definition) is 3. The van der Waals surface area contributed by atoms with Crippen molar-refractivity contribution in [3.63, 3.8) is 0 Å². The van der Waals surface area contributed by atoms with Gasteiger partial charge < -0.3 is 30.6 Å². The molecule has 3 rings (SSSR count). The van der Waals surface area contributed by atoms with Crippen molar-refractivity contribution in [2.24, 2.45) is 11.7 Å². The number of carbonyl (C=O) groups is 1. The molecule has 2 heterocycles. The molecule has 1 aromatic heterocycles. The summed E-state index contributed by atoms with van der Waals surface area (Å²) < 4.78 is 81.0. The minimum Gasteiger partial charge on any atom is -0.463 e. The van der Waals surface area contributed by atoms with Gasteiger partial charge in [0.1, 0.15) is 30.2 Å². The molecule has 0 spiro atoms. The van der Waals surface area contributed by atoms with Gasteiger partial charge in [0, 0.05) is 0 Å². The van der Waals surface area contributed by atoms with E-state index < -0.39 is 86.3 Å². The number of alkyl halides is 1. The Balaban J connectivity index is 1.97. The predicted octanol–water partition coefficient (Wildman–Crippen LogP) is 1.77. The number of benzene rings is 1. The number of carbonyl (C=O) groups excluding carboxylic acids is 1. The van der Waals surface area contributed by atoms with Crippen LogP contribution in [0.2, 0.25) is 0 Å². The summed E-state index contributed by atoms with van der Waals surface area (Å²) in [5.41, 5.74) is 7.55. The minimum absolute atomic E-state index is 0.00346. The van der Waals surface area contributed by atoms with E-state index >= 15 is 0 Å². The Morgan fingerprint density at radius 2 is 2.03 bits per heavy atom. The molecule has 12 nitrogen and oxygen atoms in total. The van der Waals surface area contributed by atoms with Gasteiger partial charge in [-0.25, -0.2) is 18.1 Å². The van der Waals surface area contributed by atoms with E-state index in [1.807, 2.05) is 0 Å². The maximum atomic E-state index is 14.2. The summed E-state index contributed by atoms with van der Waals surface area (Å²) in [6.07, 6.45) is -7.03. The molecule has 38 heavy (non-hydrogen) atoms. The van der Waals surface area contributed by atoms with E-state index in [-0.39, 0.29) is 5.75 Å². The maximum Gasteiger partial charge on any atom is 0.380 e. The van der Waals surface area contributed by atoms with Crippen LogP contribution in [0.1, 0.15) is 29.7 Å². The Bertz CT molecular complexity index is 1320. The second kappa shape index (κ2) is 11.9. The van der Waals surface area contributed by atoms with Crippen LogP contribution < -0.4 is 21.7 Å². The number of nitrogen functional groups attached to an aromatic ring is 1. The number of aliphatic hydroxyl groups is 1. The number of aliphatic hydroxyl groups excluding tert-OH is 1. The third kappa shape index (κ3) is 6.56. The highest BCUT2D eigenvalue weighted by atomic mass is 31.2. The van der Waals surface area contributed by atoms with Crippen LogP contribution in [0.15, 0.2) is 41.3 Å². The van der Waals surface area contributed by atoms with Crippen LogP contribution >= 0.6 is 7.60 Å². The van der Waals surface area contributed by atoms with Crippen molar-refractivity contribution in [3.05, 3.63) is 52.8 Å². The molecule has 6 atom stereocenters. The first-order chi connectivity index (χ1) is 18.5. The summed E-state index contributed by atoms with van der Waals surface area (Å²) in [4.78, 5) is 28.0. The number of para-hydroxylation sites is 1. The largest absolute Gasteiger partial charge is 0.463 e. The van der Waals surface area contributed by atoms with E-state index in [9.17, 15) is 28.0 Å². The molecule has 1 aromatic carbocycles. The zero-order valence-corrected chi connectivity index (χ0v) is 21.7. The van der Waals surface area contributed by atoms with Crippen molar-refractivity contribution < 1.29 is 44.5 Å². The van der Waals surface area contributed by atoms with Crippen LogP contribution in [-0.4, -0.2) is 63.9 Å². The summed E-state index contributed by atoms with van der Waals surface area (Å²) in [7, 11) is -4.62. The average molecular weight is 563 g/mol. The smallest absolute Gasteiger partial charge is 0.380 e. The standard InChI is InChI=1S/C23H31F2N4O8P/c1-13(2)35-20(31)14(3)11-38(33,37-15-7-5-4-6-8-15)34-10-17-18(30)23(27,12-24)21(36-17)29-9-16(25)19(26)28-22(29)32/h4-9,13-14,17-18,21,30H,10-12,27H2,1-3H3,(H2,26,28,32)/t14-,17-,18+,21-,23?,38-/m1/s1/i10D2. The minimum atomic E-state index is -4.62. The van der Waals surface area contributed by atoms with Crippen molar-refractivity contribution in [2.75, 3.05) is 25.1 Å². The molecular weight excluding hydrogens is 529 g/mol. The van der Waals surface area contributed by atoms with Gasteiger partial charge in [-0.2, -0.15) is 4.98 Å². The number of rotatable bonds is 11. The summed E-state index contributed by atoms with van der Waals surface area (Å²) in [6, 6.07) is 7.53. The molecule has 1 aliphatic heterocycles. The summed E-state index contributed by atoms with van der Waals surface area (Å²) in [6.45, 7) is -0.229. The zero-order chi connectivity index (χ0) is 30.0. The van der Waals surface area contributed by atoms with Gasteiger partial charge in [0.25, 0.3) is 0 Å². The van der Waals surface area contributed by atoms with Crippen LogP contribution in [0.3, 0.4) is 0 Å². The van der Waals surface area contributed by atoms with Gasteiger partial charge in [0.05, 0.1) is 33.7 Å². The number of nitrogens with two attached hydrogens (primary N) is 2. The number of nitrogens with zero attached hydrogens (tertiary/aromatic N) is 2. The Morgan fingerprint density at radius 3 is 2.63 bits per heavy atom. The molecule has 5 N–H and O–H groups in total. The van der Waals surface area contributed by atoms with Gasteiger partial charge in [-0.1, -0.05) is 25.1 Å². The van der Waals surface area contributed by atoms with Gasteiger partial charge in [-0.3, -0.25) is 13.9 Å². The first-order valence-electron chi connectivity index (χ1n) is 12.5. The quantitative estimate of drug-likeness (QED) is 0.268. The van der Waals surface area contributed by atoms with Crippen molar-refractivity contribution >= 4 is 19.4 Å². The lowest BCUT2D eigenvalue weighted by Crippen LogP contribution is -2.57. The molecule has 1 aliphatic rings. The van der Waals surface area contributed by atoms with Crippen LogP contribution in [0.4, 0.5) is 14.6 Å². The van der Waals surface area contributed by atoms with E-state index in [1.165, 1.54) is 19.1 Å². The van der Waals surface area contributed by atoms with E-state index in [2.05, 4.69) is 4.98 Å². The topological polar surface area (TPSA) is 178 Å². The molecule has 2 aromatic rings. The van der Waals surface area contributed by atoms with Crippen LogP contribution in [0.5, 0.6) is 5.75 Å². The molecular formula is C23H31F2N4O8P. The van der Waals surface area contributed by atoms with Gasteiger partial charge >= 0.3 is 19.3 Å². The highest BCUT2D eigenvalue weighted by Gasteiger charge is 2.56. The molecule has 1 saturated heterocycles. The number of aromatic nitrogens is 2. The van der Waals surface area contributed by atoms with Gasteiger partial charge in [-0.05, 0) is 26.0 Å². The van der Waals surface area contributed by atoms with E-state index in [1.54, 1.807) is 32.0 Å². The first kappa shape index (κ1) is 26.7. The van der Waals surface area contributed by atoms with Crippen LogP contribution in [0.25, 0.3) is 0 Å². The number of hydrogen-bond acceptors (Lipinski definition) is 11. The average Bonchev–Trinajstić information content (AvgIpc) is 3.12. The third-order valence-electron chi connectivity index (χ3n) is 5.54. The highest BCUT2D eigenvalue weighted by Crippen LogP contribution is 2.51. The van der Waals surface area contributed by atoms with Crippen molar-refractivity contribution in [1.29, 1.82) is 0 Å². The van der Waals surface area contributed by atoms with Crippen LogP contribution in [0, 0.1) is 11.7 Å². The van der Waals surface area contributed by atoms with Gasteiger partial charge in [0.2, 0.25) is 0 Å². The van der Waals surface area contributed by atoms with E-state index in [0.717, 1.165) is 0 Å². The van der Waals surface area contributed by atoms with Crippen LogP contribution in [-0.2, 0) is 23.4 Å². The number of esters is 1. The number of anilines is 1. The Hall–Kier alpha value is -2.90. The van der Waals surface area contributed by atoms with Gasteiger partial charge in [-0.15, -0.1) is 0 Å². The maximum absolute atomic E-state index is 14.2. The second-order valence-corrected chi connectivity index (χ2v) is 11.0. The highest BCUT2D eigenvalue weighted by molar-refractivity contribution is 7.54. The summed E-state index contributed by atoms with van der Waals surface area (Å²) >= 11 is 0. The van der Waals surface area contributed by atoms with Crippen molar-refractivity contribution in [1.82, 2.24) is 9.55 Å². The SMILES string of the molecule is [2H]C([2H])(O[P@](=O)(C[C@@H](C)C(=O)OC(C)C)Oc1ccccc1)[C@H]1O[C@@H](n2cc(F)c(N)nc2=O)C(N)(CF)[C@H]1O. The normalized spacial score (nSPS) is 26.8. The molecule has 1 unspecified atom stereocenters. The predicted molar refractivity (Wildman–Crippen MR) is 132 cm³/mol. The fourth-order valence-corrected chi connectivity index (χ4v) is 5.29. The summed E-state index contributed by atoms with van der Waals surface area (Å²) in [5.74, 6) is -3.81. The fourth-order valence-electron chi connectivity index (χ4n) is 3.58. The molecule has 1 fully saturated rings. The number of ether oxygens (including phenoxy) is 2. The summed E-state index contributed by atoms with van der Waals surface area (Å²) in [5, 5.41) is 10.9. The molecule has 0 amide bonds. The Labute approximate surface area is 220 Å². The zero-order valence-electron chi connectivity index (χ0n) is 22.8. The fraction of sp³-hybridized carbons (Fsp3) is 0.522. The third-order valence-corrected chi connectivity index (χ3v) is 7.41. The van der Waals surface area contributed by atoms with Crippen molar-refractivity contribution in [3.8, 4) is 5.75 Å². The van der Waals surface area contributed by atoms with Gasteiger partial charge in [0.15, 0.2) is 17.9 Å². The lowest BCUT2D eigenvalue weighted by atomic mass is 9.92. The Morgan fingerprint density at radius 1 is 1.37 bits per heavy atom. The van der Waals surface area contributed by atoms with E-state index in [4.69, 9.17) is 32.7 Å². The molecule has 0 aliphatic carbocycles. The first-order valence-corrected chi connectivity index (χ1v) is 13.2. The monoisotopic (exact) mass is 562 g/mol. The molecule has 0 radical (unpaired) electrons. The second-order valence-electron chi connectivity index (χ2n) is 9.06. The molecule has 0 bridgehead atoms. The lowest BCUT2D eigenvalue weighted by molar-refractivity contribution is -0.151. The van der Waals surface area contributed by atoms with E-state index in [0.29, 0.717) is 10.8 Å². The molecule has 15 heteroatoms.